The van der Waals surface area contributed by atoms with E-state index in [1.165, 1.54) is 0 Å². The molecule has 0 unspecified atom stereocenters. The normalized spacial score (nSPS) is 15.2. The Hall–Kier alpha value is -2.82. The molecule has 3 rings (SSSR count). The van der Waals surface area contributed by atoms with Crippen LogP contribution in [0.4, 0.5) is 5.69 Å². The Bertz CT molecular complexity index is 865. The summed E-state index contributed by atoms with van der Waals surface area (Å²) < 4.78 is 5.99. The first kappa shape index (κ1) is 21.9. The van der Waals surface area contributed by atoms with E-state index in [-0.39, 0.29) is 11.8 Å². The molecule has 2 amide bonds. The summed E-state index contributed by atoms with van der Waals surface area (Å²) in [4.78, 5) is 28.0. The molecule has 5 heteroatoms. The lowest BCUT2D eigenvalue weighted by Gasteiger charge is -2.23. The van der Waals surface area contributed by atoms with E-state index in [9.17, 15) is 9.59 Å². The predicted molar refractivity (Wildman–Crippen MR) is 120 cm³/mol. The predicted octanol–water partition coefficient (Wildman–Crippen LogP) is 5.12. The zero-order valence-electron chi connectivity index (χ0n) is 18.2. The fourth-order valence-electron chi connectivity index (χ4n) is 3.92. The van der Waals surface area contributed by atoms with Crippen molar-refractivity contribution in [3.63, 3.8) is 0 Å². The van der Waals surface area contributed by atoms with Gasteiger partial charge in [-0.05, 0) is 68.5 Å². The highest BCUT2D eigenvalue weighted by Crippen LogP contribution is 2.22. The minimum Gasteiger partial charge on any atom is -0.481 e. The fraction of sp³-hybridized carbons (Fsp3) is 0.440. The summed E-state index contributed by atoms with van der Waals surface area (Å²) in [5.41, 5.74) is 3.26. The SMILES string of the molecule is CC[C@H](Oc1cc(C)cc(C)c1)C(=O)Nc1ccccc1C(=O)N1CCCCCC1. The molecule has 0 saturated carbocycles. The van der Waals surface area contributed by atoms with E-state index in [0.29, 0.717) is 23.4 Å². The van der Waals surface area contributed by atoms with Gasteiger partial charge in [0.1, 0.15) is 5.75 Å². The van der Waals surface area contributed by atoms with Gasteiger partial charge in [-0.25, -0.2) is 0 Å². The summed E-state index contributed by atoms with van der Waals surface area (Å²) in [7, 11) is 0. The Morgan fingerprint density at radius 3 is 2.27 bits per heavy atom. The average Bonchev–Trinajstić information content (AvgIpc) is 3.00. The van der Waals surface area contributed by atoms with Crippen molar-refractivity contribution in [3.05, 3.63) is 59.2 Å². The van der Waals surface area contributed by atoms with Gasteiger partial charge in [-0.15, -0.1) is 0 Å². The molecule has 1 atom stereocenters. The van der Waals surface area contributed by atoms with Gasteiger partial charge in [0.25, 0.3) is 11.8 Å². The number of hydrogen-bond acceptors (Lipinski definition) is 3. The molecule has 5 nitrogen and oxygen atoms in total. The van der Waals surface area contributed by atoms with Crippen LogP contribution >= 0.6 is 0 Å². The van der Waals surface area contributed by atoms with Crippen LogP contribution in [-0.4, -0.2) is 35.9 Å². The molecule has 1 saturated heterocycles. The molecule has 30 heavy (non-hydrogen) atoms. The summed E-state index contributed by atoms with van der Waals surface area (Å²) in [6.07, 6.45) is 4.28. The van der Waals surface area contributed by atoms with Crippen molar-refractivity contribution in [2.45, 2.75) is 59.0 Å². The molecule has 1 aliphatic heterocycles. The van der Waals surface area contributed by atoms with Crippen LogP contribution < -0.4 is 10.1 Å². The number of ether oxygens (including phenoxy) is 1. The maximum absolute atomic E-state index is 13.1. The Morgan fingerprint density at radius 1 is 1.00 bits per heavy atom. The third-order valence-corrected chi connectivity index (χ3v) is 5.45. The number of nitrogens with zero attached hydrogens (tertiary/aromatic N) is 1. The average molecular weight is 409 g/mol. The number of hydrogen-bond donors (Lipinski definition) is 1. The van der Waals surface area contributed by atoms with Crippen molar-refractivity contribution in [1.29, 1.82) is 0 Å². The van der Waals surface area contributed by atoms with Crippen molar-refractivity contribution in [2.75, 3.05) is 18.4 Å². The minimum atomic E-state index is -0.632. The highest BCUT2D eigenvalue weighted by atomic mass is 16.5. The number of aryl methyl sites for hydroxylation is 2. The molecule has 160 valence electrons. The fourth-order valence-corrected chi connectivity index (χ4v) is 3.92. The minimum absolute atomic E-state index is 0.0175. The van der Waals surface area contributed by atoms with Gasteiger partial charge in [0.15, 0.2) is 6.10 Å². The second kappa shape index (κ2) is 10.3. The van der Waals surface area contributed by atoms with Crippen molar-refractivity contribution >= 4 is 17.5 Å². The van der Waals surface area contributed by atoms with Crippen LogP contribution in [0.1, 0.15) is 60.5 Å². The van der Waals surface area contributed by atoms with E-state index in [2.05, 4.69) is 11.4 Å². The first-order valence-corrected chi connectivity index (χ1v) is 10.9. The van der Waals surface area contributed by atoms with Gasteiger partial charge in [-0.1, -0.05) is 38.0 Å². The van der Waals surface area contributed by atoms with Crippen LogP contribution in [0.2, 0.25) is 0 Å². The summed E-state index contributed by atoms with van der Waals surface area (Å²) in [6.45, 7) is 7.47. The van der Waals surface area contributed by atoms with Gasteiger partial charge in [0, 0.05) is 13.1 Å². The Labute approximate surface area is 179 Å². The molecule has 0 aliphatic carbocycles. The molecular formula is C25H32N2O3. The highest BCUT2D eigenvalue weighted by molar-refractivity contribution is 6.04. The lowest BCUT2D eigenvalue weighted by atomic mass is 10.1. The molecular weight excluding hydrogens is 376 g/mol. The number of carbonyl (C=O) groups excluding carboxylic acids is 2. The highest BCUT2D eigenvalue weighted by Gasteiger charge is 2.23. The maximum atomic E-state index is 13.1. The Kier molecular flexibility index (Phi) is 7.50. The van der Waals surface area contributed by atoms with Gasteiger partial charge in [0.2, 0.25) is 0 Å². The molecule has 0 bridgehead atoms. The number of anilines is 1. The lowest BCUT2D eigenvalue weighted by molar-refractivity contribution is -0.122. The van der Waals surface area contributed by atoms with Crippen molar-refractivity contribution in [3.8, 4) is 5.75 Å². The Balaban J connectivity index is 1.74. The van der Waals surface area contributed by atoms with E-state index in [1.54, 1.807) is 12.1 Å². The van der Waals surface area contributed by atoms with Crippen molar-refractivity contribution in [2.24, 2.45) is 0 Å². The number of amides is 2. The van der Waals surface area contributed by atoms with Crippen LogP contribution in [0.15, 0.2) is 42.5 Å². The van der Waals surface area contributed by atoms with E-state index in [0.717, 1.165) is 49.9 Å². The van der Waals surface area contributed by atoms with Crippen LogP contribution in [0.3, 0.4) is 0 Å². The summed E-state index contributed by atoms with van der Waals surface area (Å²) in [6, 6.07) is 13.2. The number of likely N-dealkylation sites (tertiary alicyclic amines) is 1. The van der Waals surface area contributed by atoms with E-state index < -0.39 is 6.10 Å². The molecule has 1 fully saturated rings. The molecule has 2 aromatic carbocycles. The van der Waals surface area contributed by atoms with Gasteiger partial charge in [0.05, 0.1) is 11.3 Å². The van der Waals surface area contributed by atoms with Crippen LogP contribution in [0.5, 0.6) is 5.75 Å². The van der Waals surface area contributed by atoms with Gasteiger partial charge >= 0.3 is 0 Å². The molecule has 1 heterocycles. The smallest absolute Gasteiger partial charge is 0.265 e. The number of nitrogens with one attached hydrogen (secondary N) is 1. The zero-order valence-corrected chi connectivity index (χ0v) is 18.2. The van der Waals surface area contributed by atoms with Crippen molar-refractivity contribution in [1.82, 2.24) is 4.90 Å². The lowest BCUT2D eigenvalue weighted by Crippen LogP contribution is -2.35. The second-order valence-electron chi connectivity index (χ2n) is 8.08. The third-order valence-electron chi connectivity index (χ3n) is 5.45. The van der Waals surface area contributed by atoms with Crippen molar-refractivity contribution < 1.29 is 14.3 Å². The maximum Gasteiger partial charge on any atom is 0.265 e. The van der Waals surface area contributed by atoms with Gasteiger partial charge in [-0.3, -0.25) is 9.59 Å². The van der Waals surface area contributed by atoms with Gasteiger partial charge < -0.3 is 15.0 Å². The topological polar surface area (TPSA) is 58.6 Å². The van der Waals surface area contributed by atoms with Crippen LogP contribution in [0, 0.1) is 13.8 Å². The molecule has 0 radical (unpaired) electrons. The molecule has 0 spiro atoms. The zero-order chi connectivity index (χ0) is 21.5. The van der Waals surface area contributed by atoms with Gasteiger partial charge in [-0.2, -0.15) is 0 Å². The van der Waals surface area contributed by atoms with Crippen LogP contribution in [-0.2, 0) is 4.79 Å². The first-order valence-electron chi connectivity index (χ1n) is 10.9. The third kappa shape index (κ3) is 5.62. The standard InChI is InChI=1S/C25H32N2O3/c1-4-23(30-20-16-18(2)15-19(3)17-20)24(28)26-22-12-8-7-11-21(22)25(29)27-13-9-5-6-10-14-27/h7-8,11-12,15-17,23H,4-6,9-10,13-14H2,1-3H3,(H,26,28)/t23-/m0/s1. The largest absolute Gasteiger partial charge is 0.481 e. The van der Waals surface area contributed by atoms with Crippen LogP contribution in [0.25, 0.3) is 0 Å². The second-order valence-corrected chi connectivity index (χ2v) is 8.08. The number of para-hydroxylation sites is 1. The number of carbonyl (C=O) groups is 2. The molecule has 2 aromatic rings. The number of benzene rings is 2. The summed E-state index contributed by atoms with van der Waals surface area (Å²) in [5.74, 6) is 0.423. The number of rotatable bonds is 6. The quantitative estimate of drug-likeness (QED) is 0.722. The van der Waals surface area contributed by atoms with E-state index >= 15 is 0 Å². The first-order chi connectivity index (χ1) is 14.5. The Morgan fingerprint density at radius 2 is 1.63 bits per heavy atom. The molecule has 0 aromatic heterocycles. The summed E-state index contributed by atoms with van der Waals surface area (Å²) in [5, 5.41) is 2.94. The monoisotopic (exact) mass is 408 g/mol. The van der Waals surface area contributed by atoms with E-state index in [4.69, 9.17) is 4.74 Å². The molecule has 1 N–H and O–H groups in total. The molecule has 1 aliphatic rings. The van der Waals surface area contributed by atoms with E-state index in [1.807, 2.05) is 49.9 Å². The summed E-state index contributed by atoms with van der Waals surface area (Å²) >= 11 is 0.